The highest BCUT2D eigenvalue weighted by Gasteiger charge is 2.06. The molecule has 172 valence electrons. The van der Waals surface area contributed by atoms with E-state index in [0.29, 0.717) is 29.8 Å². The van der Waals surface area contributed by atoms with Crippen molar-refractivity contribution in [2.24, 2.45) is 0 Å². The van der Waals surface area contributed by atoms with Gasteiger partial charge < -0.3 is 20.7 Å². The van der Waals surface area contributed by atoms with Crippen LogP contribution in [0.4, 0.5) is 28.8 Å². The summed E-state index contributed by atoms with van der Waals surface area (Å²) in [5, 5.41) is 9.31. The maximum Gasteiger partial charge on any atom is 0.250 e. The van der Waals surface area contributed by atoms with Crippen molar-refractivity contribution in [1.29, 1.82) is 0 Å². The fourth-order valence-corrected chi connectivity index (χ4v) is 3.25. The van der Waals surface area contributed by atoms with E-state index >= 15 is 0 Å². The second kappa shape index (κ2) is 11.0. The average molecular weight is 455 g/mol. The van der Waals surface area contributed by atoms with Gasteiger partial charge in [-0.3, -0.25) is 4.79 Å². The third-order valence-electron chi connectivity index (χ3n) is 4.80. The van der Waals surface area contributed by atoms with Gasteiger partial charge in [0.2, 0.25) is 5.91 Å². The van der Waals surface area contributed by atoms with E-state index in [1.807, 2.05) is 86.6 Å². The van der Waals surface area contributed by atoms with Crippen LogP contribution in [0.2, 0.25) is 0 Å². The highest BCUT2D eigenvalue weighted by Crippen LogP contribution is 2.21. The third kappa shape index (κ3) is 6.85. The molecule has 0 saturated heterocycles. The van der Waals surface area contributed by atoms with Crippen molar-refractivity contribution in [1.82, 2.24) is 15.0 Å². The first-order chi connectivity index (χ1) is 16.5. The molecule has 1 amide bonds. The number of ether oxygens (including phenoxy) is 1. The maximum absolute atomic E-state index is 12.1. The Morgan fingerprint density at radius 3 is 2.26 bits per heavy atom. The average Bonchev–Trinajstić information content (AvgIpc) is 2.81. The summed E-state index contributed by atoms with van der Waals surface area (Å²) >= 11 is 0. The molecule has 4 aromatic rings. The molecule has 0 spiro atoms. The molecule has 0 bridgehead atoms. The fourth-order valence-electron chi connectivity index (χ4n) is 3.25. The van der Waals surface area contributed by atoms with E-state index in [4.69, 9.17) is 4.74 Å². The molecule has 0 saturated carbocycles. The van der Waals surface area contributed by atoms with Crippen LogP contribution in [0.15, 0.2) is 79.0 Å². The molecule has 0 unspecified atom stereocenters. The summed E-state index contributed by atoms with van der Waals surface area (Å²) in [6.45, 7) is 4.22. The number of nitrogens with zero attached hydrogens (tertiary/aromatic N) is 3. The topological polar surface area (TPSA) is 101 Å². The predicted molar refractivity (Wildman–Crippen MR) is 133 cm³/mol. The molecule has 0 aliphatic heterocycles. The molecule has 8 nitrogen and oxygen atoms in total. The molecule has 0 aliphatic rings. The number of carbonyl (C=O) groups excluding carboxylic acids is 1. The summed E-state index contributed by atoms with van der Waals surface area (Å²) in [5.41, 5.74) is 3.65. The number of benzene rings is 2. The Morgan fingerprint density at radius 1 is 0.824 bits per heavy atom. The SMILES string of the molecule is Cc1ccnc(Nc2cc(Nc3ccc(NC(=O)COCc4ccccc4)cc3)nc(C)n2)c1. The molecule has 8 heteroatoms. The number of amides is 1. The van der Waals surface area contributed by atoms with E-state index in [2.05, 4.69) is 30.9 Å². The molecule has 2 aromatic carbocycles. The number of hydrogen-bond acceptors (Lipinski definition) is 7. The summed E-state index contributed by atoms with van der Waals surface area (Å²) in [5.74, 6) is 2.43. The molecule has 0 fully saturated rings. The second-order valence-electron chi connectivity index (χ2n) is 7.76. The molecule has 3 N–H and O–H groups in total. The first-order valence-corrected chi connectivity index (χ1v) is 10.9. The van der Waals surface area contributed by atoms with Crippen LogP contribution in [0.1, 0.15) is 17.0 Å². The fraction of sp³-hybridized carbons (Fsp3) is 0.154. The molecule has 0 atom stereocenters. The lowest BCUT2D eigenvalue weighted by Gasteiger charge is -2.11. The Hall–Kier alpha value is -4.30. The first kappa shape index (κ1) is 22.9. The Labute approximate surface area is 198 Å². The predicted octanol–water partition coefficient (Wildman–Crippen LogP) is 5.13. The van der Waals surface area contributed by atoms with Crippen LogP contribution in [0.5, 0.6) is 0 Å². The van der Waals surface area contributed by atoms with Gasteiger partial charge in [-0.25, -0.2) is 15.0 Å². The van der Waals surface area contributed by atoms with Crippen LogP contribution >= 0.6 is 0 Å². The molecule has 0 aliphatic carbocycles. The van der Waals surface area contributed by atoms with E-state index < -0.39 is 0 Å². The maximum atomic E-state index is 12.1. The summed E-state index contributed by atoms with van der Waals surface area (Å²) in [4.78, 5) is 25.3. The lowest BCUT2D eigenvalue weighted by atomic mass is 10.2. The van der Waals surface area contributed by atoms with Crippen molar-refractivity contribution < 1.29 is 9.53 Å². The lowest BCUT2D eigenvalue weighted by Crippen LogP contribution is -2.18. The van der Waals surface area contributed by atoms with Crippen LogP contribution < -0.4 is 16.0 Å². The van der Waals surface area contributed by atoms with Gasteiger partial charge in [0, 0.05) is 23.6 Å². The number of aryl methyl sites for hydroxylation is 2. The van der Waals surface area contributed by atoms with Crippen LogP contribution in [0.25, 0.3) is 0 Å². The Balaban J connectivity index is 1.31. The van der Waals surface area contributed by atoms with E-state index in [1.54, 1.807) is 6.20 Å². The lowest BCUT2D eigenvalue weighted by molar-refractivity contribution is -0.121. The molecule has 2 heterocycles. The van der Waals surface area contributed by atoms with E-state index in [9.17, 15) is 4.79 Å². The smallest absolute Gasteiger partial charge is 0.250 e. The number of rotatable bonds is 9. The quantitative estimate of drug-likeness (QED) is 0.322. The van der Waals surface area contributed by atoms with Gasteiger partial charge in [-0.05, 0) is 61.4 Å². The van der Waals surface area contributed by atoms with Crippen molar-refractivity contribution in [2.75, 3.05) is 22.6 Å². The van der Waals surface area contributed by atoms with Crippen LogP contribution in [0, 0.1) is 13.8 Å². The van der Waals surface area contributed by atoms with Gasteiger partial charge >= 0.3 is 0 Å². The summed E-state index contributed by atoms with van der Waals surface area (Å²) in [6.07, 6.45) is 1.75. The van der Waals surface area contributed by atoms with E-state index in [1.165, 1.54) is 0 Å². The van der Waals surface area contributed by atoms with Gasteiger partial charge in [0.25, 0.3) is 0 Å². The van der Waals surface area contributed by atoms with Gasteiger partial charge in [-0.15, -0.1) is 0 Å². The highest BCUT2D eigenvalue weighted by molar-refractivity contribution is 5.91. The van der Waals surface area contributed by atoms with E-state index in [-0.39, 0.29) is 12.5 Å². The standard InChI is InChI=1S/C26H26N6O2/c1-18-12-13-27-23(14-18)32-25-15-24(28-19(2)29-25)30-21-8-10-22(11-9-21)31-26(33)17-34-16-20-6-4-3-5-7-20/h3-15H,16-17H2,1-2H3,(H,31,33)(H2,27,28,29,30,32). The molecule has 4 rings (SSSR count). The molecule has 34 heavy (non-hydrogen) atoms. The van der Waals surface area contributed by atoms with E-state index in [0.717, 1.165) is 22.6 Å². The largest absolute Gasteiger partial charge is 0.367 e. The van der Waals surface area contributed by atoms with Crippen LogP contribution in [-0.4, -0.2) is 27.5 Å². The highest BCUT2D eigenvalue weighted by atomic mass is 16.5. The van der Waals surface area contributed by atoms with Crippen molar-refractivity contribution in [3.8, 4) is 0 Å². The zero-order valence-electron chi connectivity index (χ0n) is 19.1. The monoisotopic (exact) mass is 454 g/mol. The zero-order chi connectivity index (χ0) is 23.8. The van der Waals surface area contributed by atoms with Crippen molar-refractivity contribution in [3.63, 3.8) is 0 Å². The Morgan fingerprint density at radius 2 is 1.53 bits per heavy atom. The number of hydrogen-bond donors (Lipinski definition) is 3. The van der Waals surface area contributed by atoms with Gasteiger partial charge in [0.05, 0.1) is 6.61 Å². The Bertz CT molecular complexity index is 1250. The summed E-state index contributed by atoms with van der Waals surface area (Å²) in [7, 11) is 0. The third-order valence-corrected chi connectivity index (χ3v) is 4.80. The normalized spacial score (nSPS) is 10.5. The van der Waals surface area contributed by atoms with Crippen LogP contribution in [0.3, 0.4) is 0 Å². The van der Waals surface area contributed by atoms with Crippen molar-refractivity contribution in [2.45, 2.75) is 20.5 Å². The van der Waals surface area contributed by atoms with Gasteiger partial charge in [0.15, 0.2) is 0 Å². The van der Waals surface area contributed by atoms with Crippen molar-refractivity contribution in [3.05, 3.63) is 95.9 Å². The number of aromatic nitrogens is 3. The van der Waals surface area contributed by atoms with Crippen LogP contribution in [-0.2, 0) is 16.1 Å². The van der Waals surface area contributed by atoms with Gasteiger partial charge in [0.1, 0.15) is 29.9 Å². The number of carbonyl (C=O) groups is 1. The minimum absolute atomic E-state index is 0.0132. The number of pyridine rings is 1. The van der Waals surface area contributed by atoms with Gasteiger partial charge in [-0.2, -0.15) is 0 Å². The number of nitrogens with one attached hydrogen (secondary N) is 3. The molecular weight excluding hydrogens is 428 g/mol. The summed E-state index contributed by atoms with van der Waals surface area (Å²) in [6, 6.07) is 22.8. The molecular formula is C26H26N6O2. The first-order valence-electron chi connectivity index (χ1n) is 10.9. The second-order valence-corrected chi connectivity index (χ2v) is 7.76. The number of anilines is 5. The minimum atomic E-state index is -0.205. The molecule has 0 radical (unpaired) electrons. The molecule has 2 aromatic heterocycles. The zero-order valence-corrected chi connectivity index (χ0v) is 19.1. The Kier molecular flexibility index (Phi) is 7.42. The van der Waals surface area contributed by atoms with Crippen molar-refractivity contribution >= 4 is 34.7 Å². The minimum Gasteiger partial charge on any atom is -0.367 e. The van der Waals surface area contributed by atoms with Gasteiger partial charge in [-0.1, -0.05) is 30.3 Å². The summed E-state index contributed by atoms with van der Waals surface area (Å²) < 4.78 is 5.48.